The molecule has 0 radical (unpaired) electrons. The van der Waals surface area contributed by atoms with E-state index in [4.69, 9.17) is 23.5 Å². The molecule has 2 bridgehead atoms. The molecule has 7 rings (SSSR count). The summed E-state index contributed by atoms with van der Waals surface area (Å²) in [5.41, 5.74) is 1.68. The van der Waals surface area contributed by atoms with Crippen LogP contribution in [0.4, 0.5) is 0 Å². The molecule has 0 spiro atoms. The highest BCUT2D eigenvalue weighted by molar-refractivity contribution is 8.00. The van der Waals surface area contributed by atoms with Crippen LogP contribution in [0.2, 0.25) is 0 Å². The molecule has 3 aliphatic carbocycles. The summed E-state index contributed by atoms with van der Waals surface area (Å²) in [6.45, 7) is 12.0. The molecule has 3 saturated carbocycles. The first-order chi connectivity index (χ1) is 16.1. The predicted octanol–water partition coefficient (Wildman–Crippen LogP) is 4.99. The van der Waals surface area contributed by atoms with E-state index in [0.717, 1.165) is 36.0 Å². The van der Waals surface area contributed by atoms with Crippen molar-refractivity contribution in [1.82, 2.24) is 0 Å². The quantitative estimate of drug-likeness (QED) is 0.332. The zero-order chi connectivity index (χ0) is 23.8. The zero-order valence-electron chi connectivity index (χ0n) is 20.5. The van der Waals surface area contributed by atoms with Gasteiger partial charge in [0, 0.05) is 35.5 Å². The van der Waals surface area contributed by atoms with E-state index >= 15 is 0 Å². The number of hydrogen-bond acceptors (Lipinski definition) is 7. The second-order valence-corrected chi connectivity index (χ2v) is 12.9. The van der Waals surface area contributed by atoms with Crippen molar-refractivity contribution in [3.63, 3.8) is 0 Å². The molecular weight excluding hydrogens is 451 g/mol. The first kappa shape index (κ1) is 23.0. The van der Waals surface area contributed by atoms with E-state index in [-0.39, 0.29) is 25.3 Å². The fourth-order valence-electron chi connectivity index (χ4n) is 6.11. The lowest BCUT2D eigenvalue weighted by Gasteiger charge is -2.60. The molecule has 8 heteroatoms. The predicted molar refractivity (Wildman–Crippen MR) is 131 cm³/mol. The topological polar surface area (TPSA) is 63.2 Å². The minimum absolute atomic E-state index is 0.171. The van der Waals surface area contributed by atoms with E-state index < -0.39 is 5.79 Å². The molecule has 34 heavy (non-hydrogen) atoms. The maximum absolute atomic E-state index is 13.0. The van der Waals surface area contributed by atoms with E-state index in [1.54, 1.807) is 25.6 Å². The fraction of sp³-hybridized carbons (Fsp3) is 0.654. The summed E-state index contributed by atoms with van der Waals surface area (Å²) in [7, 11) is -0.378. The van der Waals surface area contributed by atoms with E-state index in [1.807, 2.05) is 24.2 Å². The van der Waals surface area contributed by atoms with Crippen molar-refractivity contribution < 1.29 is 28.3 Å². The second kappa shape index (κ2) is 8.02. The van der Waals surface area contributed by atoms with Crippen molar-refractivity contribution in [2.45, 2.75) is 75.6 Å². The van der Waals surface area contributed by atoms with E-state index in [2.05, 4.69) is 20.8 Å². The molecule has 3 unspecified atom stereocenters. The van der Waals surface area contributed by atoms with E-state index in [1.165, 1.54) is 6.42 Å². The molecule has 6 nitrogen and oxygen atoms in total. The third-order valence-electron chi connectivity index (χ3n) is 8.54. The van der Waals surface area contributed by atoms with Gasteiger partial charge >= 0.3 is 13.1 Å². The first-order valence-corrected chi connectivity index (χ1v) is 13.3. The maximum Gasteiger partial charge on any atom is 0.486 e. The summed E-state index contributed by atoms with van der Waals surface area (Å²) in [4.78, 5) is 13.9. The average Bonchev–Trinajstić information content (AvgIpc) is 3.13. The molecule has 3 heterocycles. The fourth-order valence-corrected chi connectivity index (χ4v) is 7.30. The van der Waals surface area contributed by atoms with Gasteiger partial charge in [0.15, 0.2) is 0 Å². The largest absolute Gasteiger partial charge is 0.486 e. The standard InChI is InChI=1S/C26H33BO6S/c1-14(16-12-29-13-16)34-20-7-6-15(22-21(20)24(28)31-26(4,5)30-22)8-9-27-32-19-11-17-10-18(23(19)33-27)25(17,2)3/h6-9,14,16-19,23H,10-13H2,1-5H3/b9-8-/t14?,17-,18+,19?,23?/m0/s1. The Bertz CT molecular complexity index is 1030. The number of thioether (sulfide) groups is 1. The van der Waals surface area contributed by atoms with Crippen LogP contribution in [0.1, 0.15) is 63.4 Å². The van der Waals surface area contributed by atoms with Crippen LogP contribution in [0.25, 0.3) is 6.08 Å². The Balaban J connectivity index is 1.25. The summed E-state index contributed by atoms with van der Waals surface area (Å²) in [5, 5.41) is 0.334. The van der Waals surface area contributed by atoms with Crippen LogP contribution in [0.5, 0.6) is 5.75 Å². The molecule has 182 valence electrons. The lowest BCUT2D eigenvalue weighted by Crippen LogP contribution is -2.59. The van der Waals surface area contributed by atoms with Gasteiger partial charge < -0.3 is 23.5 Å². The van der Waals surface area contributed by atoms with Crippen molar-refractivity contribution in [2.75, 3.05) is 13.2 Å². The lowest BCUT2D eigenvalue weighted by molar-refractivity contribution is -0.150. The van der Waals surface area contributed by atoms with Crippen molar-refractivity contribution in [3.05, 3.63) is 29.2 Å². The van der Waals surface area contributed by atoms with Crippen molar-refractivity contribution >= 4 is 30.9 Å². The Hall–Kier alpha value is -1.48. The number of esters is 1. The van der Waals surface area contributed by atoms with Gasteiger partial charge in [-0.1, -0.05) is 38.9 Å². The summed E-state index contributed by atoms with van der Waals surface area (Å²) in [5.74, 6) is 2.95. The van der Waals surface area contributed by atoms with Gasteiger partial charge in [-0.15, -0.1) is 11.8 Å². The van der Waals surface area contributed by atoms with Crippen molar-refractivity contribution in [2.24, 2.45) is 23.2 Å². The van der Waals surface area contributed by atoms with Gasteiger partial charge in [0.1, 0.15) is 11.3 Å². The number of carbonyl (C=O) groups is 1. The minimum Gasteiger partial charge on any atom is -0.451 e. The molecule has 3 aliphatic heterocycles. The number of rotatable bonds is 5. The van der Waals surface area contributed by atoms with Crippen LogP contribution in [0.3, 0.4) is 0 Å². The molecule has 2 saturated heterocycles. The molecule has 0 amide bonds. The van der Waals surface area contributed by atoms with Crippen LogP contribution in [0, 0.1) is 23.2 Å². The Labute approximate surface area is 206 Å². The Morgan fingerprint density at radius 2 is 1.91 bits per heavy atom. The summed E-state index contributed by atoms with van der Waals surface area (Å²) >= 11 is 1.68. The normalized spacial score (nSPS) is 33.9. The molecule has 6 aliphatic rings. The van der Waals surface area contributed by atoms with Crippen molar-refractivity contribution in [1.29, 1.82) is 0 Å². The Kier molecular flexibility index (Phi) is 5.41. The van der Waals surface area contributed by atoms with Crippen LogP contribution in [-0.4, -0.2) is 49.5 Å². The number of ether oxygens (including phenoxy) is 3. The van der Waals surface area contributed by atoms with Gasteiger partial charge in [-0.2, -0.15) is 0 Å². The van der Waals surface area contributed by atoms with Crippen LogP contribution < -0.4 is 4.74 Å². The molecule has 0 aromatic heterocycles. The monoisotopic (exact) mass is 484 g/mol. The van der Waals surface area contributed by atoms with Gasteiger partial charge in [-0.3, -0.25) is 0 Å². The summed E-state index contributed by atoms with van der Waals surface area (Å²) < 4.78 is 29.7. The average molecular weight is 484 g/mol. The van der Waals surface area contributed by atoms with Gasteiger partial charge in [0.25, 0.3) is 0 Å². The summed E-state index contributed by atoms with van der Waals surface area (Å²) in [6, 6.07) is 4.01. The van der Waals surface area contributed by atoms with E-state index in [9.17, 15) is 4.79 Å². The maximum atomic E-state index is 13.0. The molecular formula is C26H33BO6S. The molecule has 1 aromatic carbocycles. The number of fused-ring (bicyclic) bond motifs is 1. The Morgan fingerprint density at radius 3 is 2.62 bits per heavy atom. The smallest absolute Gasteiger partial charge is 0.451 e. The van der Waals surface area contributed by atoms with Crippen LogP contribution in [0.15, 0.2) is 23.0 Å². The number of benzene rings is 1. The highest BCUT2D eigenvalue weighted by Gasteiger charge is 2.61. The van der Waals surface area contributed by atoms with Crippen LogP contribution in [-0.2, 0) is 18.8 Å². The van der Waals surface area contributed by atoms with Gasteiger partial charge in [-0.05, 0) is 36.2 Å². The third kappa shape index (κ3) is 3.72. The number of hydrogen-bond donors (Lipinski definition) is 0. The Morgan fingerprint density at radius 1 is 1.12 bits per heavy atom. The first-order valence-electron chi connectivity index (χ1n) is 12.5. The SMILES string of the molecule is CC(Sc1ccc(/C=C\B2OC3C[C@@H]4C[C@H](C3O2)C4(C)C)c2c1C(=O)OC(C)(C)O2)C1COC1. The zero-order valence-corrected chi connectivity index (χ0v) is 21.4. The molecule has 5 fully saturated rings. The second-order valence-electron chi connectivity index (χ2n) is 11.5. The summed E-state index contributed by atoms with van der Waals surface area (Å²) in [6.07, 6.45) is 4.64. The minimum atomic E-state index is -1.02. The lowest BCUT2D eigenvalue weighted by atomic mass is 9.47. The molecule has 5 atom stereocenters. The van der Waals surface area contributed by atoms with E-state index in [0.29, 0.717) is 33.8 Å². The van der Waals surface area contributed by atoms with Gasteiger partial charge in [0.2, 0.25) is 5.79 Å². The third-order valence-corrected chi connectivity index (χ3v) is 9.89. The molecule has 0 N–H and O–H groups in total. The number of cyclic esters (lactones) is 1. The number of carbonyl (C=O) groups excluding carboxylic acids is 1. The van der Waals surface area contributed by atoms with Crippen LogP contribution >= 0.6 is 11.8 Å². The highest BCUT2D eigenvalue weighted by atomic mass is 32.2. The van der Waals surface area contributed by atoms with Gasteiger partial charge in [-0.25, -0.2) is 4.79 Å². The molecule has 1 aromatic rings. The highest BCUT2D eigenvalue weighted by Crippen LogP contribution is 2.61. The van der Waals surface area contributed by atoms with Gasteiger partial charge in [0.05, 0.1) is 25.4 Å². The van der Waals surface area contributed by atoms with Crippen molar-refractivity contribution in [3.8, 4) is 5.75 Å².